The van der Waals surface area contributed by atoms with Gasteiger partial charge < -0.3 is 14.8 Å². The maximum atomic E-state index is 11.9. The van der Waals surface area contributed by atoms with Crippen molar-refractivity contribution in [2.75, 3.05) is 11.9 Å². The van der Waals surface area contributed by atoms with E-state index in [0.29, 0.717) is 11.3 Å². The van der Waals surface area contributed by atoms with Crippen molar-refractivity contribution in [2.24, 2.45) is 0 Å². The highest BCUT2D eigenvalue weighted by Crippen LogP contribution is 2.16. The third-order valence-corrected chi connectivity index (χ3v) is 3.50. The summed E-state index contributed by atoms with van der Waals surface area (Å²) in [6.45, 7) is 3.06. The minimum atomic E-state index is -0.683. The molecule has 0 aliphatic carbocycles. The maximum Gasteiger partial charge on any atom is 0.340 e. The third-order valence-electron chi connectivity index (χ3n) is 3.18. The summed E-state index contributed by atoms with van der Waals surface area (Å²) in [5.74, 6) is -1.63. The number of ether oxygens (including phenoxy) is 2. The Morgan fingerprint density at radius 3 is 2.27 bits per heavy atom. The summed E-state index contributed by atoms with van der Waals surface area (Å²) in [5, 5.41) is 2.82. The van der Waals surface area contributed by atoms with Crippen LogP contribution < -0.4 is 5.32 Å². The lowest BCUT2D eigenvalue weighted by atomic mass is 10.2. The van der Waals surface area contributed by atoms with Gasteiger partial charge in [-0.25, -0.2) is 9.59 Å². The van der Waals surface area contributed by atoms with Crippen LogP contribution in [0, 0.1) is 0 Å². The topological polar surface area (TPSA) is 81.7 Å². The predicted molar refractivity (Wildman–Crippen MR) is 97.4 cm³/mol. The molecule has 1 amide bonds. The average molecular weight is 376 g/mol. The molecule has 0 unspecified atom stereocenters. The van der Waals surface area contributed by atoms with Crippen molar-refractivity contribution in [3.05, 3.63) is 64.7 Å². The van der Waals surface area contributed by atoms with Crippen molar-refractivity contribution in [1.29, 1.82) is 0 Å². The molecular formula is C19H18ClNO5. The van der Waals surface area contributed by atoms with Gasteiger partial charge in [-0.2, -0.15) is 0 Å². The molecule has 0 bridgehead atoms. The Morgan fingerprint density at radius 2 is 1.65 bits per heavy atom. The number of rotatable bonds is 6. The quantitative estimate of drug-likeness (QED) is 0.778. The van der Waals surface area contributed by atoms with Gasteiger partial charge in [0.2, 0.25) is 0 Å². The van der Waals surface area contributed by atoms with Crippen molar-refractivity contribution in [1.82, 2.24) is 0 Å². The fraction of sp³-hybridized carbons (Fsp3) is 0.211. The number of hydrogen-bond acceptors (Lipinski definition) is 5. The Labute approximate surface area is 156 Å². The zero-order valence-electron chi connectivity index (χ0n) is 14.3. The number of carbonyl (C=O) groups is 3. The average Bonchev–Trinajstić information content (AvgIpc) is 2.60. The van der Waals surface area contributed by atoms with E-state index in [9.17, 15) is 14.4 Å². The summed E-state index contributed by atoms with van der Waals surface area (Å²) in [5.41, 5.74) is 1.03. The van der Waals surface area contributed by atoms with Crippen LogP contribution in [0.1, 0.15) is 34.6 Å². The summed E-state index contributed by atoms with van der Waals surface area (Å²) in [6, 6.07) is 12.6. The number of hydrogen-bond donors (Lipinski definition) is 1. The summed E-state index contributed by atoms with van der Waals surface area (Å²) in [7, 11) is 0. The summed E-state index contributed by atoms with van der Waals surface area (Å²) < 4.78 is 10.0. The second kappa shape index (κ2) is 9.01. The molecule has 0 heterocycles. The van der Waals surface area contributed by atoms with E-state index in [-0.39, 0.29) is 16.7 Å². The predicted octanol–water partition coefficient (Wildman–Crippen LogP) is 3.70. The van der Waals surface area contributed by atoms with E-state index in [2.05, 4.69) is 5.32 Å². The monoisotopic (exact) mass is 375 g/mol. The van der Waals surface area contributed by atoms with Crippen molar-refractivity contribution < 1.29 is 23.9 Å². The highest BCUT2D eigenvalue weighted by molar-refractivity contribution is 6.33. The molecule has 6 nitrogen and oxygen atoms in total. The molecule has 2 aromatic rings. The number of amides is 1. The van der Waals surface area contributed by atoms with E-state index in [4.69, 9.17) is 21.1 Å². The standard InChI is InChI=1S/C19H18ClNO5/c1-12(2)26-18(23)13-7-9-14(10-8-13)21-17(22)11-25-19(24)15-5-3-4-6-16(15)20/h3-10,12H,11H2,1-2H3,(H,21,22). The Hall–Kier alpha value is -2.86. The van der Waals surface area contributed by atoms with Crippen LogP contribution in [0.15, 0.2) is 48.5 Å². The molecule has 0 aromatic heterocycles. The molecule has 7 heteroatoms. The lowest BCUT2D eigenvalue weighted by molar-refractivity contribution is -0.119. The Bertz CT molecular complexity index is 802. The molecule has 0 fully saturated rings. The first-order valence-corrected chi connectivity index (χ1v) is 8.27. The summed E-state index contributed by atoms with van der Waals surface area (Å²) >= 11 is 5.90. The van der Waals surface area contributed by atoms with Gasteiger partial charge in [0.15, 0.2) is 6.61 Å². The number of nitrogens with one attached hydrogen (secondary N) is 1. The molecule has 136 valence electrons. The van der Waals surface area contributed by atoms with Gasteiger partial charge in [-0.3, -0.25) is 4.79 Å². The van der Waals surface area contributed by atoms with E-state index in [1.807, 2.05) is 0 Å². The summed E-state index contributed by atoms with van der Waals surface area (Å²) in [4.78, 5) is 35.5. The maximum absolute atomic E-state index is 11.9. The fourth-order valence-corrected chi connectivity index (χ4v) is 2.22. The van der Waals surface area contributed by atoms with Crippen molar-refractivity contribution >= 4 is 35.1 Å². The lowest BCUT2D eigenvalue weighted by Gasteiger charge is -2.09. The molecule has 2 rings (SSSR count). The lowest BCUT2D eigenvalue weighted by Crippen LogP contribution is -2.21. The van der Waals surface area contributed by atoms with Crippen LogP contribution in [0.3, 0.4) is 0 Å². The molecule has 0 saturated carbocycles. The van der Waals surface area contributed by atoms with Gasteiger partial charge in [-0.05, 0) is 50.2 Å². The molecular weight excluding hydrogens is 358 g/mol. The van der Waals surface area contributed by atoms with E-state index in [1.54, 1.807) is 44.2 Å². The second-order valence-electron chi connectivity index (χ2n) is 5.64. The van der Waals surface area contributed by atoms with E-state index < -0.39 is 24.5 Å². The van der Waals surface area contributed by atoms with Crippen LogP contribution in [0.4, 0.5) is 5.69 Å². The van der Waals surface area contributed by atoms with Crippen molar-refractivity contribution in [3.8, 4) is 0 Å². The minimum Gasteiger partial charge on any atom is -0.459 e. The largest absolute Gasteiger partial charge is 0.459 e. The van der Waals surface area contributed by atoms with Crippen molar-refractivity contribution in [3.63, 3.8) is 0 Å². The second-order valence-corrected chi connectivity index (χ2v) is 6.04. The molecule has 0 spiro atoms. The first-order chi connectivity index (χ1) is 12.4. The van der Waals surface area contributed by atoms with Crippen LogP contribution >= 0.6 is 11.6 Å². The fourth-order valence-electron chi connectivity index (χ4n) is 2.00. The van der Waals surface area contributed by atoms with Gasteiger partial charge >= 0.3 is 11.9 Å². The highest BCUT2D eigenvalue weighted by Gasteiger charge is 2.14. The Balaban J connectivity index is 1.87. The first kappa shape index (κ1) is 19.5. The van der Waals surface area contributed by atoms with Gasteiger partial charge in [0.25, 0.3) is 5.91 Å². The molecule has 2 aromatic carbocycles. The van der Waals surface area contributed by atoms with Gasteiger partial charge in [-0.15, -0.1) is 0 Å². The molecule has 0 saturated heterocycles. The molecule has 0 radical (unpaired) electrons. The molecule has 0 aliphatic rings. The Kier molecular flexibility index (Phi) is 6.74. The molecule has 0 aliphatic heterocycles. The van der Waals surface area contributed by atoms with Gasteiger partial charge in [0.05, 0.1) is 22.3 Å². The van der Waals surface area contributed by atoms with E-state index in [0.717, 1.165) is 0 Å². The number of anilines is 1. The SMILES string of the molecule is CC(C)OC(=O)c1ccc(NC(=O)COC(=O)c2ccccc2Cl)cc1. The molecule has 0 atom stereocenters. The van der Waals surface area contributed by atoms with Crippen LogP contribution in [0.2, 0.25) is 5.02 Å². The number of benzene rings is 2. The number of esters is 2. The zero-order chi connectivity index (χ0) is 19.1. The summed E-state index contributed by atoms with van der Waals surface area (Å²) in [6.07, 6.45) is -0.213. The van der Waals surface area contributed by atoms with Crippen LogP contribution in [0.5, 0.6) is 0 Å². The van der Waals surface area contributed by atoms with Gasteiger partial charge in [0, 0.05) is 5.69 Å². The minimum absolute atomic E-state index is 0.190. The van der Waals surface area contributed by atoms with E-state index >= 15 is 0 Å². The van der Waals surface area contributed by atoms with Crippen LogP contribution in [0.25, 0.3) is 0 Å². The first-order valence-electron chi connectivity index (χ1n) is 7.89. The van der Waals surface area contributed by atoms with Gasteiger partial charge in [0.1, 0.15) is 0 Å². The third kappa shape index (κ3) is 5.60. The normalized spacial score (nSPS) is 10.3. The zero-order valence-corrected chi connectivity index (χ0v) is 15.1. The number of carbonyl (C=O) groups excluding carboxylic acids is 3. The smallest absolute Gasteiger partial charge is 0.340 e. The van der Waals surface area contributed by atoms with E-state index in [1.165, 1.54) is 18.2 Å². The highest BCUT2D eigenvalue weighted by atomic mass is 35.5. The molecule has 26 heavy (non-hydrogen) atoms. The van der Waals surface area contributed by atoms with Crippen LogP contribution in [-0.2, 0) is 14.3 Å². The Morgan fingerprint density at radius 1 is 1.00 bits per heavy atom. The number of halogens is 1. The van der Waals surface area contributed by atoms with Crippen molar-refractivity contribution in [2.45, 2.75) is 20.0 Å². The van der Waals surface area contributed by atoms with Crippen LogP contribution in [-0.4, -0.2) is 30.6 Å². The molecule has 1 N–H and O–H groups in total. The van der Waals surface area contributed by atoms with Gasteiger partial charge in [-0.1, -0.05) is 23.7 Å².